The topological polar surface area (TPSA) is 32.3 Å². The third-order valence-electron chi connectivity index (χ3n) is 2.96. The van der Waals surface area contributed by atoms with Crippen LogP contribution in [0.2, 0.25) is 0 Å². The third-order valence-corrected chi connectivity index (χ3v) is 2.96. The SMILES string of the molecule is CCNC(=O)N(C)Cc1cccc2ccccc12. The van der Waals surface area contributed by atoms with E-state index in [9.17, 15) is 4.79 Å². The van der Waals surface area contributed by atoms with E-state index in [1.807, 2.05) is 32.2 Å². The Bertz CT molecular complexity index is 546. The second-order valence-corrected chi connectivity index (χ2v) is 4.33. The highest BCUT2D eigenvalue weighted by Crippen LogP contribution is 2.19. The molecule has 0 bridgehead atoms. The second kappa shape index (κ2) is 5.54. The van der Waals surface area contributed by atoms with Crippen LogP contribution >= 0.6 is 0 Å². The first kappa shape index (κ1) is 12.4. The van der Waals surface area contributed by atoms with Gasteiger partial charge < -0.3 is 10.2 Å². The number of fused-ring (bicyclic) bond motifs is 1. The molecule has 2 aromatic carbocycles. The summed E-state index contributed by atoms with van der Waals surface area (Å²) in [6.45, 7) is 3.19. The molecule has 94 valence electrons. The minimum atomic E-state index is -0.0366. The summed E-state index contributed by atoms with van der Waals surface area (Å²) in [4.78, 5) is 13.4. The molecule has 0 aliphatic heterocycles. The van der Waals surface area contributed by atoms with Gasteiger partial charge in [0.05, 0.1) is 0 Å². The summed E-state index contributed by atoms with van der Waals surface area (Å²) in [5.41, 5.74) is 1.17. The maximum Gasteiger partial charge on any atom is 0.317 e. The number of nitrogens with one attached hydrogen (secondary N) is 1. The zero-order valence-corrected chi connectivity index (χ0v) is 10.8. The molecular formula is C15H18N2O. The van der Waals surface area contributed by atoms with Gasteiger partial charge in [0.15, 0.2) is 0 Å². The quantitative estimate of drug-likeness (QED) is 0.881. The van der Waals surface area contributed by atoms with Gasteiger partial charge in [-0.1, -0.05) is 42.5 Å². The molecular weight excluding hydrogens is 224 g/mol. The summed E-state index contributed by atoms with van der Waals surface area (Å²) in [7, 11) is 1.81. The molecule has 0 fully saturated rings. The number of benzene rings is 2. The first-order chi connectivity index (χ1) is 8.72. The Balaban J connectivity index is 2.24. The van der Waals surface area contributed by atoms with Gasteiger partial charge in [0, 0.05) is 20.1 Å². The Morgan fingerprint density at radius 2 is 1.89 bits per heavy atom. The van der Waals surface area contributed by atoms with E-state index in [4.69, 9.17) is 0 Å². The molecule has 0 saturated heterocycles. The number of hydrogen-bond donors (Lipinski definition) is 1. The van der Waals surface area contributed by atoms with E-state index >= 15 is 0 Å². The molecule has 0 heterocycles. The molecule has 18 heavy (non-hydrogen) atoms. The number of carbonyl (C=O) groups excluding carboxylic acids is 1. The van der Waals surface area contributed by atoms with Crippen molar-refractivity contribution in [2.24, 2.45) is 0 Å². The van der Waals surface area contributed by atoms with Crippen LogP contribution in [0.5, 0.6) is 0 Å². The lowest BCUT2D eigenvalue weighted by Crippen LogP contribution is -2.36. The van der Waals surface area contributed by atoms with Crippen molar-refractivity contribution in [2.75, 3.05) is 13.6 Å². The van der Waals surface area contributed by atoms with Gasteiger partial charge in [0.25, 0.3) is 0 Å². The van der Waals surface area contributed by atoms with Gasteiger partial charge in [-0.05, 0) is 23.3 Å². The van der Waals surface area contributed by atoms with Gasteiger partial charge in [-0.15, -0.1) is 0 Å². The molecule has 2 aromatic rings. The largest absolute Gasteiger partial charge is 0.338 e. The normalized spacial score (nSPS) is 10.3. The van der Waals surface area contributed by atoms with Crippen LogP contribution in [0.25, 0.3) is 10.8 Å². The summed E-state index contributed by atoms with van der Waals surface area (Å²) >= 11 is 0. The lowest BCUT2D eigenvalue weighted by Gasteiger charge is -2.18. The maximum absolute atomic E-state index is 11.7. The fourth-order valence-corrected chi connectivity index (χ4v) is 2.04. The van der Waals surface area contributed by atoms with Crippen molar-refractivity contribution in [2.45, 2.75) is 13.5 Å². The van der Waals surface area contributed by atoms with E-state index in [2.05, 4.69) is 29.6 Å². The highest BCUT2D eigenvalue weighted by Gasteiger charge is 2.09. The lowest BCUT2D eigenvalue weighted by atomic mass is 10.0. The van der Waals surface area contributed by atoms with Gasteiger partial charge in [0.1, 0.15) is 0 Å². The standard InChI is InChI=1S/C15H18N2O/c1-3-16-15(18)17(2)11-13-9-6-8-12-7-4-5-10-14(12)13/h4-10H,3,11H2,1-2H3,(H,16,18). The Kier molecular flexibility index (Phi) is 3.82. The monoisotopic (exact) mass is 242 g/mol. The van der Waals surface area contributed by atoms with Crippen molar-refractivity contribution in [3.05, 3.63) is 48.0 Å². The summed E-state index contributed by atoms with van der Waals surface area (Å²) in [5, 5.41) is 5.21. The third kappa shape index (κ3) is 2.62. The Morgan fingerprint density at radius 3 is 2.67 bits per heavy atom. The number of hydrogen-bond acceptors (Lipinski definition) is 1. The van der Waals surface area contributed by atoms with E-state index in [-0.39, 0.29) is 6.03 Å². The predicted octanol–water partition coefficient (Wildman–Crippen LogP) is 3.00. The minimum Gasteiger partial charge on any atom is -0.338 e. The summed E-state index contributed by atoms with van der Waals surface area (Å²) in [5.74, 6) is 0. The fraction of sp³-hybridized carbons (Fsp3) is 0.267. The molecule has 3 heteroatoms. The lowest BCUT2D eigenvalue weighted by molar-refractivity contribution is 0.207. The van der Waals surface area contributed by atoms with E-state index in [0.29, 0.717) is 13.1 Å². The molecule has 0 atom stereocenters. The molecule has 2 amide bonds. The summed E-state index contributed by atoms with van der Waals surface area (Å²) in [6, 6.07) is 14.4. The molecule has 0 aromatic heterocycles. The number of rotatable bonds is 3. The van der Waals surface area contributed by atoms with Crippen molar-refractivity contribution in [3.63, 3.8) is 0 Å². The van der Waals surface area contributed by atoms with Crippen molar-refractivity contribution >= 4 is 16.8 Å². The molecule has 0 spiro atoms. The van der Waals surface area contributed by atoms with Crippen LogP contribution in [0, 0.1) is 0 Å². The van der Waals surface area contributed by atoms with Gasteiger partial charge in [-0.25, -0.2) is 4.79 Å². The molecule has 0 aliphatic carbocycles. The molecule has 0 radical (unpaired) electrons. The average Bonchev–Trinajstić information content (AvgIpc) is 2.39. The molecule has 0 saturated carbocycles. The van der Waals surface area contributed by atoms with E-state index in [0.717, 1.165) is 0 Å². The van der Waals surface area contributed by atoms with Crippen LogP contribution < -0.4 is 5.32 Å². The van der Waals surface area contributed by atoms with E-state index in [1.54, 1.807) is 4.90 Å². The molecule has 3 nitrogen and oxygen atoms in total. The molecule has 0 unspecified atom stereocenters. The molecule has 1 N–H and O–H groups in total. The molecule has 2 rings (SSSR count). The van der Waals surface area contributed by atoms with Gasteiger partial charge >= 0.3 is 6.03 Å². The number of urea groups is 1. The average molecular weight is 242 g/mol. The number of carbonyl (C=O) groups is 1. The zero-order valence-electron chi connectivity index (χ0n) is 10.8. The predicted molar refractivity (Wildman–Crippen MR) is 74.5 cm³/mol. The van der Waals surface area contributed by atoms with Gasteiger partial charge in [0.2, 0.25) is 0 Å². The van der Waals surface area contributed by atoms with Crippen molar-refractivity contribution in [1.82, 2.24) is 10.2 Å². The van der Waals surface area contributed by atoms with Crippen molar-refractivity contribution in [3.8, 4) is 0 Å². The van der Waals surface area contributed by atoms with Crippen molar-refractivity contribution < 1.29 is 4.79 Å². The van der Waals surface area contributed by atoms with Crippen LogP contribution in [0.4, 0.5) is 4.79 Å². The van der Waals surface area contributed by atoms with Crippen LogP contribution in [-0.2, 0) is 6.54 Å². The maximum atomic E-state index is 11.7. The summed E-state index contributed by atoms with van der Waals surface area (Å²) < 4.78 is 0. The highest BCUT2D eigenvalue weighted by molar-refractivity contribution is 5.86. The number of nitrogens with zero attached hydrogens (tertiary/aromatic N) is 1. The van der Waals surface area contributed by atoms with Crippen molar-refractivity contribution in [1.29, 1.82) is 0 Å². The van der Waals surface area contributed by atoms with Crippen LogP contribution in [0.15, 0.2) is 42.5 Å². The second-order valence-electron chi connectivity index (χ2n) is 4.33. The minimum absolute atomic E-state index is 0.0366. The smallest absolute Gasteiger partial charge is 0.317 e. The van der Waals surface area contributed by atoms with E-state index < -0.39 is 0 Å². The van der Waals surface area contributed by atoms with Crippen LogP contribution in [0.3, 0.4) is 0 Å². The Hall–Kier alpha value is -2.03. The molecule has 0 aliphatic rings. The Morgan fingerprint density at radius 1 is 1.17 bits per heavy atom. The van der Waals surface area contributed by atoms with Crippen LogP contribution in [-0.4, -0.2) is 24.5 Å². The first-order valence-electron chi connectivity index (χ1n) is 6.18. The Labute approximate surface area is 107 Å². The van der Waals surface area contributed by atoms with Gasteiger partial charge in [-0.3, -0.25) is 0 Å². The summed E-state index contributed by atoms with van der Waals surface area (Å²) in [6.07, 6.45) is 0. The van der Waals surface area contributed by atoms with Crippen LogP contribution in [0.1, 0.15) is 12.5 Å². The highest BCUT2D eigenvalue weighted by atomic mass is 16.2. The first-order valence-corrected chi connectivity index (χ1v) is 6.18. The van der Waals surface area contributed by atoms with Gasteiger partial charge in [-0.2, -0.15) is 0 Å². The van der Waals surface area contributed by atoms with E-state index in [1.165, 1.54) is 16.3 Å². The number of amides is 2. The zero-order chi connectivity index (χ0) is 13.0. The fourth-order valence-electron chi connectivity index (χ4n) is 2.04.